The van der Waals surface area contributed by atoms with E-state index in [1.54, 1.807) is 12.1 Å². The van der Waals surface area contributed by atoms with E-state index >= 15 is 0 Å². The number of likely N-dealkylation sites (N-methyl/N-ethyl adjacent to an activating group) is 1. The van der Waals surface area contributed by atoms with Crippen molar-refractivity contribution >= 4 is 41.2 Å². The zero-order valence-electron chi connectivity index (χ0n) is 13.6. The van der Waals surface area contributed by atoms with Crippen LogP contribution in [0.1, 0.15) is 11.1 Å². The highest BCUT2D eigenvalue weighted by molar-refractivity contribution is 6.37. The minimum Gasteiger partial charge on any atom is -0.486 e. The number of nitrogens with zero attached hydrogens (tertiary/aromatic N) is 1. The van der Waals surface area contributed by atoms with E-state index in [4.69, 9.17) is 27.9 Å². The van der Waals surface area contributed by atoms with Crippen molar-refractivity contribution in [1.82, 2.24) is 10.7 Å². The number of ether oxygens (including phenoxy) is 1. The van der Waals surface area contributed by atoms with Crippen LogP contribution in [0.5, 0.6) is 5.75 Å². The van der Waals surface area contributed by atoms with Gasteiger partial charge >= 0.3 is 11.8 Å². The Morgan fingerprint density at radius 3 is 2.50 bits per heavy atom. The van der Waals surface area contributed by atoms with Gasteiger partial charge in [0.05, 0.1) is 16.3 Å². The van der Waals surface area contributed by atoms with Crippen LogP contribution >= 0.6 is 23.2 Å². The van der Waals surface area contributed by atoms with E-state index in [9.17, 15) is 14.0 Å². The van der Waals surface area contributed by atoms with Crippen molar-refractivity contribution in [2.75, 3.05) is 7.05 Å². The molecule has 2 rings (SSSR count). The van der Waals surface area contributed by atoms with Gasteiger partial charge in [0.2, 0.25) is 0 Å². The van der Waals surface area contributed by atoms with Crippen molar-refractivity contribution in [2.24, 2.45) is 5.10 Å². The van der Waals surface area contributed by atoms with Gasteiger partial charge < -0.3 is 10.1 Å². The highest BCUT2D eigenvalue weighted by Crippen LogP contribution is 2.34. The first-order valence-electron chi connectivity index (χ1n) is 7.32. The summed E-state index contributed by atoms with van der Waals surface area (Å²) in [7, 11) is 1.33. The van der Waals surface area contributed by atoms with Gasteiger partial charge in [-0.15, -0.1) is 0 Å². The van der Waals surface area contributed by atoms with Crippen LogP contribution in [0.3, 0.4) is 0 Å². The third-order valence-corrected chi connectivity index (χ3v) is 3.67. The maximum Gasteiger partial charge on any atom is 0.329 e. The highest BCUT2D eigenvalue weighted by atomic mass is 35.5. The average Bonchev–Trinajstić information content (AvgIpc) is 2.60. The van der Waals surface area contributed by atoms with E-state index in [1.165, 1.54) is 37.5 Å². The van der Waals surface area contributed by atoms with Crippen LogP contribution in [0.2, 0.25) is 10.0 Å². The minimum absolute atomic E-state index is 0.0901. The number of carbonyl (C=O) groups excluding carboxylic acids is 2. The molecule has 2 aromatic carbocycles. The molecule has 0 spiro atoms. The average molecular weight is 398 g/mol. The van der Waals surface area contributed by atoms with Crippen LogP contribution in [0.15, 0.2) is 41.5 Å². The maximum absolute atomic E-state index is 13.2. The maximum atomic E-state index is 13.2. The molecule has 2 N–H and O–H groups in total. The Kier molecular flexibility index (Phi) is 6.94. The third-order valence-electron chi connectivity index (χ3n) is 3.11. The topological polar surface area (TPSA) is 79.8 Å². The first-order chi connectivity index (χ1) is 12.4. The molecule has 2 aromatic rings. The minimum atomic E-state index is -0.906. The molecule has 0 atom stereocenters. The van der Waals surface area contributed by atoms with Crippen LogP contribution in [-0.2, 0) is 16.2 Å². The molecule has 0 aliphatic heterocycles. The van der Waals surface area contributed by atoms with Gasteiger partial charge in [0, 0.05) is 7.05 Å². The largest absolute Gasteiger partial charge is 0.486 e. The van der Waals surface area contributed by atoms with E-state index < -0.39 is 11.8 Å². The summed E-state index contributed by atoms with van der Waals surface area (Å²) < 4.78 is 18.7. The van der Waals surface area contributed by atoms with Crippen molar-refractivity contribution in [1.29, 1.82) is 0 Å². The van der Waals surface area contributed by atoms with Crippen molar-refractivity contribution < 1.29 is 18.7 Å². The number of rotatable bonds is 5. The second-order valence-corrected chi connectivity index (χ2v) is 5.82. The number of benzene rings is 2. The van der Waals surface area contributed by atoms with Crippen molar-refractivity contribution in [3.63, 3.8) is 0 Å². The Hall–Kier alpha value is -2.64. The number of nitrogens with one attached hydrogen (secondary N) is 2. The fourth-order valence-electron chi connectivity index (χ4n) is 1.90. The number of halogens is 3. The summed E-state index contributed by atoms with van der Waals surface area (Å²) in [6.45, 7) is 0.0901. The Morgan fingerprint density at radius 1 is 1.19 bits per heavy atom. The normalized spacial score (nSPS) is 10.6. The van der Waals surface area contributed by atoms with E-state index in [-0.39, 0.29) is 28.2 Å². The molecule has 136 valence electrons. The van der Waals surface area contributed by atoms with E-state index in [0.717, 1.165) is 0 Å². The molecule has 0 unspecified atom stereocenters. The van der Waals surface area contributed by atoms with Crippen molar-refractivity contribution in [3.05, 3.63) is 63.4 Å². The van der Waals surface area contributed by atoms with Crippen LogP contribution in [-0.4, -0.2) is 25.1 Å². The fourth-order valence-corrected chi connectivity index (χ4v) is 2.52. The molecule has 0 aliphatic carbocycles. The molecule has 2 amide bonds. The summed E-state index contributed by atoms with van der Waals surface area (Å²) >= 11 is 12.3. The lowest BCUT2D eigenvalue weighted by molar-refractivity contribution is -0.138. The smallest absolute Gasteiger partial charge is 0.329 e. The Morgan fingerprint density at radius 2 is 1.88 bits per heavy atom. The van der Waals surface area contributed by atoms with Gasteiger partial charge in [-0.25, -0.2) is 9.82 Å². The Balaban J connectivity index is 2.05. The lowest BCUT2D eigenvalue weighted by Gasteiger charge is -2.11. The molecular formula is C17H14Cl2FN3O3. The molecule has 9 heteroatoms. The Bertz CT molecular complexity index is 836. The van der Waals surface area contributed by atoms with Gasteiger partial charge in [0.15, 0.2) is 5.75 Å². The number of amides is 2. The molecule has 26 heavy (non-hydrogen) atoms. The molecule has 6 nitrogen and oxygen atoms in total. The van der Waals surface area contributed by atoms with Gasteiger partial charge in [-0.1, -0.05) is 35.3 Å². The molecule has 0 bridgehead atoms. The summed E-state index contributed by atoms with van der Waals surface area (Å²) in [4.78, 5) is 22.3. The predicted molar refractivity (Wildman–Crippen MR) is 97.0 cm³/mol. The van der Waals surface area contributed by atoms with Crippen LogP contribution < -0.4 is 15.5 Å². The summed E-state index contributed by atoms with van der Waals surface area (Å²) in [5.41, 5.74) is 3.16. The quantitative estimate of drug-likeness (QED) is 0.462. The number of hydrogen-bond acceptors (Lipinski definition) is 4. The molecule has 0 aromatic heterocycles. The Labute approximate surface area is 158 Å². The van der Waals surface area contributed by atoms with Gasteiger partial charge in [0.1, 0.15) is 12.4 Å². The highest BCUT2D eigenvalue weighted by Gasteiger charge is 2.11. The fraction of sp³-hybridized carbons (Fsp3) is 0.118. The van der Waals surface area contributed by atoms with Crippen molar-refractivity contribution in [3.8, 4) is 5.75 Å². The van der Waals surface area contributed by atoms with Gasteiger partial charge in [-0.2, -0.15) is 5.10 Å². The molecule has 0 saturated carbocycles. The van der Waals surface area contributed by atoms with Gasteiger partial charge in [-0.3, -0.25) is 9.59 Å². The summed E-state index contributed by atoms with van der Waals surface area (Å²) in [5, 5.41) is 6.24. The number of hydrogen-bond donors (Lipinski definition) is 2. The second-order valence-electron chi connectivity index (χ2n) is 5.01. The zero-order valence-corrected chi connectivity index (χ0v) is 15.1. The molecule has 0 aliphatic rings. The number of hydrazone groups is 1. The summed E-state index contributed by atoms with van der Waals surface area (Å²) in [6.07, 6.45) is 1.27. The summed E-state index contributed by atoms with van der Waals surface area (Å²) in [5.74, 6) is -1.85. The zero-order chi connectivity index (χ0) is 19.1. The first-order valence-corrected chi connectivity index (χ1v) is 8.07. The molecular weight excluding hydrogens is 384 g/mol. The van der Waals surface area contributed by atoms with Crippen LogP contribution in [0, 0.1) is 5.82 Å². The van der Waals surface area contributed by atoms with Crippen LogP contribution in [0.25, 0.3) is 0 Å². The predicted octanol–water partition coefficient (Wildman–Crippen LogP) is 2.91. The van der Waals surface area contributed by atoms with E-state index in [2.05, 4.69) is 15.8 Å². The second kappa shape index (κ2) is 9.17. The molecule has 0 saturated heterocycles. The third kappa shape index (κ3) is 5.44. The number of carbonyl (C=O) groups is 2. The van der Waals surface area contributed by atoms with Gasteiger partial charge in [0.25, 0.3) is 0 Å². The molecule has 0 radical (unpaired) electrons. The lowest BCUT2D eigenvalue weighted by Crippen LogP contribution is -2.35. The van der Waals surface area contributed by atoms with Gasteiger partial charge in [-0.05, 0) is 35.4 Å². The van der Waals surface area contributed by atoms with E-state index in [0.29, 0.717) is 11.1 Å². The van der Waals surface area contributed by atoms with Crippen molar-refractivity contribution in [2.45, 2.75) is 6.61 Å². The first kappa shape index (κ1) is 19.7. The summed E-state index contributed by atoms with van der Waals surface area (Å²) in [6, 6.07) is 9.00. The lowest BCUT2D eigenvalue weighted by atomic mass is 10.2. The molecule has 0 heterocycles. The SMILES string of the molecule is CNC(=O)C(=O)N/N=C\c1cc(Cl)c(OCc2cccc(F)c2)c(Cl)c1. The monoisotopic (exact) mass is 397 g/mol. The van der Waals surface area contributed by atoms with E-state index in [1.807, 2.05) is 0 Å². The molecule has 0 fully saturated rings. The van der Waals surface area contributed by atoms with Crippen LogP contribution in [0.4, 0.5) is 4.39 Å². The standard InChI is InChI=1S/C17H14Cl2FN3O3/c1-21-16(24)17(25)23-22-8-11-6-13(18)15(14(19)7-11)26-9-10-3-2-4-12(20)5-10/h2-8H,9H2,1H3,(H,21,24)(H,23,25)/b22-8-.